The number of allylic oxidation sites excluding steroid dienone is 5. The van der Waals surface area contributed by atoms with Gasteiger partial charge in [0.2, 0.25) is 5.91 Å². The second-order valence-corrected chi connectivity index (χ2v) is 21.1. The van der Waals surface area contributed by atoms with Gasteiger partial charge >= 0.3 is 0 Å². The van der Waals surface area contributed by atoms with E-state index in [1.165, 1.54) is 231 Å². The van der Waals surface area contributed by atoms with Gasteiger partial charge in [-0.1, -0.05) is 262 Å². The number of ether oxygens (including phenoxy) is 2. The Hall–Kier alpha value is -1.59. The van der Waals surface area contributed by atoms with E-state index in [0.717, 1.165) is 38.5 Å². The summed E-state index contributed by atoms with van der Waals surface area (Å²) in [6, 6.07) is -0.822. The average molecular weight is 991 g/mol. The highest BCUT2D eigenvalue weighted by atomic mass is 16.7. The van der Waals surface area contributed by atoms with Crippen LogP contribution in [0, 0.1) is 0 Å². The van der Waals surface area contributed by atoms with Gasteiger partial charge in [0.25, 0.3) is 0 Å². The van der Waals surface area contributed by atoms with Crippen molar-refractivity contribution in [3.8, 4) is 0 Å². The van der Waals surface area contributed by atoms with Crippen molar-refractivity contribution >= 4 is 5.91 Å². The lowest BCUT2D eigenvalue weighted by atomic mass is 9.99. The molecule has 1 aliphatic heterocycles. The second-order valence-electron chi connectivity index (χ2n) is 21.1. The number of nitrogens with one attached hydrogen (secondary N) is 1. The molecule has 1 saturated heterocycles. The van der Waals surface area contributed by atoms with Crippen molar-refractivity contribution in [1.29, 1.82) is 0 Å². The zero-order valence-electron chi connectivity index (χ0n) is 45.8. The van der Waals surface area contributed by atoms with E-state index in [9.17, 15) is 30.3 Å². The van der Waals surface area contributed by atoms with Gasteiger partial charge in [0, 0.05) is 6.42 Å². The first-order chi connectivity index (χ1) is 34.3. The molecule has 9 heteroatoms. The Morgan fingerprint density at radius 2 is 0.814 bits per heavy atom. The van der Waals surface area contributed by atoms with Crippen molar-refractivity contribution in [3.05, 3.63) is 36.5 Å². The maximum atomic E-state index is 13.1. The van der Waals surface area contributed by atoms with Crippen molar-refractivity contribution < 1.29 is 39.8 Å². The predicted octanol–water partition coefficient (Wildman–Crippen LogP) is 15.1. The normalized spacial score (nSPS) is 19.6. The van der Waals surface area contributed by atoms with Crippen LogP contribution in [0.25, 0.3) is 0 Å². The van der Waals surface area contributed by atoms with Crippen molar-refractivity contribution in [2.24, 2.45) is 0 Å². The molecule has 1 heterocycles. The van der Waals surface area contributed by atoms with E-state index >= 15 is 0 Å². The van der Waals surface area contributed by atoms with Crippen LogP contribution < -0.4 is 5.32 Å². The van der Waals surface area contributed by atoms with Crippen LogP contribution in [0.4, 0.5) is 0 Å². The Bertz CT molecular complexity index is 1190. The van der Waals surface area contributed by atoms with Crippen LogP contribution in [0.15, 0.2) is 36.5 Å². The number of carbonyl (C=O) groups is 1. The van der Waals surface area contributed by atoms with Gasteiger partial charge in [0.1, 0.15) is 24.4 Å². The second kappa shape index (κ2) is 50.9. The van der Waals surface area contributed by atoms with E-state index in [4.69, 9.17) is 9.47 Å². The maximum absolute atomic E-state index is 13.1. The molecule has 0 aliphatic carbocycles. The van der Waals surface area contributed by atoms with E-state index in [1.54, 1.807) is 6.08 Å². The fourth-order valence-electron chi connectivity index (χ4n) is 9.64. The Balaban J connectivity index is 2.21. The molecule has 0 aromatic rings. The monoisotopic (exact) mass is 990 g/mol. The molecule has 7 unspecified atom stereocenters. The minimum atomic E-state index is -1.57. The lowest BCUT2D eigenvalue weighted by Crippen LogP contribution is -2.60. The molecular weight excluding hydrogens is 875 g/mol. The topological polar surface area (TPSA) is 149 Å². The molecule has 9 nitrogen and oxygen atoms in total. The molecular formula is C61H115NO8. The van der Waals surface area contributed by atoms with Crippen molar-refractivity contribution in [2.75, 3.05) is 13.2 Å². The number of rotatable bonds is 52. The largest absolute Gasteiger partial charge is 0.394 e. The van der Waals surface area contributed by atoms with Crippen LogP contribution in [0.2, 0.25) is 0 Å². The zero-order chi connectivity index (χ0) is 50.8. The van der Waals surface area contributed by atoms with Gasteiger partial charge in [-0.25, -0.2) is 0 Å². The Kier molecular flexibility index (Phi) is 48.3. The number of hydrogen-bond donors (Lipinski definition) is 6. The SMILES string of the molecule is CCCCCCCCCCCCCC/C=C\CCCCCCCCCCCCCC(=O)NC(COC1OC(CO)C(O)C(O)C1O)C(O)/C=C/CC/C=C/CCCCCCCCCCCCCCCC. The number of hydrogen-bond acceptors (Lipinski definition) is 8. The molecule has 70 heavy (non-hydrogen) atoms. The number of unbranched alkanes of at least 4 members (excludes halogenated alkanes) is 38. The third kappa shape index (κ3) is 39.9. The van der Waals surface area contributed by atoms with Crippen LogP contribution in [-0.4, -0.2) is 87.5 Å². The summed E-state index contributed by atoms with van der Waals surface area (Å²) >= 11 is 0. The van der Waals surface area contributed by atoms with Gasteiger partial charge < -0.3 is 40.3 Å². The van der Waals surface area contributed by atoms with E-state index in [1.807, 2.05) is 6.08 Å². The molecule has 1 rings (SSSR count). The molecule has 7 atom stereocenters. The molecule has 0 saturated carbocycles. The van der Waals surface area contributed by atoms with Gasteiger partial charge in [-0.15, -0.1) is 0 Å². The summed E-state index contributed by atoms with van der Waals surface area (Å²) in [7, 11) is 0. The Morgan fingerprint density at radius 3 is 1.20 bits per heavy atom. The van der Waals surface area contributed by atoms with Gasteiger partial charge in [0.05, 0.1) is 25.4 Å². The van der Waals surface area contributed by atoms with E-state index in [-0.39, 0.29) is 12.5 Å². The van der Waals surface area contributed by atoms with Gasteiger partial charge in [-0.05, 0) is 57.8 Å². The highest BCUT2D eigenvalue weighted by Crippen LogP contribution is 2.23. The molecule has 0 aromatic heterocycles. The lowest BCUT2D eigenvalue weighted by molar-refractivity contribution is -0.302. The fraction of sp³-hybridized carbons (Fsp3) is 0.885. The number of aliphatic hydroxyl groups excluding tert-OH is 5. The van der Waals surface area contributed by atoms with Crippen molar-refractivity contribution in [2.45, 2.75) is 333 Å². The number of amides is 1. The zero-order valence-corrected chi connectivity index (χ0v) is 45.8. The van der Waals surface area contributed by atoms with E-state index in [2.05, 4.69) is 43.5 Å². The molecule has 0 bridgehead atoms. The molecule has 1 amide bonds. The third-order valence-electron chi connectivity index (χ3n) is 14.4. The summed E-state index contributed by atoms with van der Waals surface area (Å²) in [4.78, 5) is 13.1. The lowest BCUT2D eigenvalue weighted by Gasteiger charge is -2.40. The maximum Gasteiger partial charge on any atom is 0.220 e. The summed E-state index contributed by atoms with van der Waals surface area (Å²) in [6.45, 7) is 3.80. The molecule has 1 aliphatic rings. The molecule has 6 N–H and O–H groups in total. The molecule has 1 fully saturated rings. The predicted molar refractivity (Wildman–Crippen MR) is 295 cm³/mol. The average Bonchev–Trinajstić information content (AvgIpc) is 3.36. The van der Waals surface area contributed by atoms with Crippen LogP contribution in [0.5, 0.6) is 0 Å². The minimum absolute atomic E-state index is 0.184. The fourth-order valence-corrected chi connectivity index (χ4v) is 9.64. The first-order valence-electron chi connectivity index (χ1n) is 30.2. The first kappa shape index (κ1) is 66.4. The Morgan fingerprint density at radius 1 is 0.471 bits per heavy atom. The summed E-state index contributed by atoms with van der Waals surface area (Å²) in [5, 5.41) is 54.5. The highest BCUT2D eigenvalue weighted by Gasteiger charge is 2.44. The van der Waals surface area contributed by atoms with Crippen LogP contribution >= 0.6 is 0 Å². The van der Waals surface area contributed by atoms with Gasteiger partial charge in [0.15, 0.2) is 6.29 Å². The summed E-state index contributed by atoms with van der Waals surface area (Å²) in [5.41, 5.74) is 0. The number of carbonyl (C=O) groups excluding carboxylic acids is 1. The quantitative estimate of drug-likeness (QED) is 0.0261. The van der Waals surface area contributed by atoms with E-state index < -0.39 is 49.5 Å². The summed E-state index contributed by atoms with van der Waals surface area (Å²) < 4.78 is 11.3. The van der Waals surface area contributed by atoms with Crippen molar-refractivity contribution in [1.82, 2.24) is 5.32 Å². The van der Waals surface area contributed by atoms with Gasteiger partial charge in [-0.3, -0.25) is 4.79 Å². The van der Waals surface area contributed by atoms with Crippen LogP contribution in [0.1, 0.15) is 290 Å². The summed E-state index contributed by atoms with van der Waals surface area (Å²) in [5.74, 6) is -0.184. The van der Waals surface area contributed by atoms with Crippen LogP contribution in [-0.2, 0) is 14.3 Å². The standard InChI is InChI=1S/C61H115NO8/c1-3-5-7-9-11-13-15-17-19-21-23-25-26-27-28-29-30-31-33-35-37-39-41-43-45-47-49-51-57(65)62-54(53-69-61-60(68)59(67)58(66)56(52-63)70-61)55(64)50-48-46-44-42-40-38-36-34-32-24-22-20-18-16-14-12-10-8-6-4-2/h27-28,40,42,48,50,54-56,58-61,63-64,66-68H,3-26,29-39,41,43-47,49,51-53H2,1-2H3,(H,62,65)/b28-27-,42-40+,50-48+. The summed E-state index contributed by atoms with van der Waals surface area (Å²) in [6.07, 6.45) is 59.4. The molecule has 0 radical (unpaired) electrons. The first-order valence-corrected chi connectivity index (χ1v) is 30.2. The van der Waals surface area contributed by atoms with Crippen molar-refractivity contribution in [3.63, 3.8) is 0 Å². The third-order valence-corrected chi connectivity index (χ3v) is 14.4. The smallest absolute Gasteiger partial charge is 0.220 e. The highest BCUT2D eigenvalue weighted by molar-refractivity contribution is 5.76. The van der Waals surface area contributed by atoms with E-state index in [0.29, 0.717) is 6.42 Å². The molecule has 412 valence electrons. The van der Waals surface area contributed by atoms with Gasteiger partial charge in [-0.2, -0.15) is 0 Å². The number of aliphatic hydroxyl groups is 5. The Labute approximate surface area is 431 Å². The van der Waals surface area contributed by atoms with Crippen LogP contribution in [0.3, 0.4) is 0 Å². The molecule has 0 spiro atoms. The minimum Gasteiger partial charge on any atom is -0.394 e. The molecule has 0 aromatic carbocycles.